The van der Waals surface area contributed by atoms with E-state index in [0.29, 0.717) is 5.69 Å². The lowest BCUT2D eigenvalue weighted by Crippen LogP contribution is -2.46. The van der Waals surface area contributed by atoms with Gasteiger partial charge < -0.3 is 10.3 Å². The number of nitrogens with zero attached hydrogens (tertiary/aromatic N) is 2. The SMILES string of the molecule is Cn1cnc(Cl)c1CC(C)(N)C(F)F. The fourth-order valence-electron chi connectivity index (χ4n) is 1.06. The van der Waals surface area contributed by atoms with Crippen LogP contribution in [0.25, 0.3) is 0 Å². The number of halogens is 3. The number of hydrogen-bond acceptors (Lipinski definition) is 2. The van der Waals surface area contributed by atoms with Crippen molar-refractivity contribution in [2.75, 3.05) is 0 Å². The zero-order valence-corrected chi connectivity index (χ0v) is 8.72. The standard InChI is InChI=1S/C8H12ClF2N3/c1-8(12,7(10)11)3-5-6(9)13-4-14(5)2/h4,7H,3,12H2,1-2H3. The van der Waals surface area contributed by atoms with E-state index in [1.165, 1.54) is 13.3 Å². The van der Waals surface area contributed by atoms with E-state index in [2.05, 4.69) is 4.98 Å². The highest BCUT2D eigenvalue weighted by Gasteiger charge is 2.32. The molecule has 80 valence electrons. The zero-order chi connectivity index (χ0) is 10.9. The molecule has 0 aliphatic rings. The summed E-state index contributed by atoms with van der Waals surface area (Å²) in [5, 5.41) is 0.227. The average molecular weight is 224 g/mol. The minimum Gasteiger partial charge on any atom is -0.336 e. The summed E-state index contributed by atoms with van der Waals surface area (Å²) < 4.78 is 26.5. The van der Waals surface area contributed by atoms with E-state index < -0.39 is 12.0 Å². The lowest BCUT2D eigenvalue weighted by Gasteiger charge is -2.23. The first-order valence-electron chi connectivity index (χ1n) is 4.07. The van der Waals surface area contributed by atoms with E-state index in [1.807, 2.05) is 0 Å². The quantitative estimate of drug-likeness (QED) is 0.846. The van der Waals surface area contributed by atoms with Gasteiger partial charge in [0.1, 0.15) is 5.15 Å². The molecule has 0 amide bonds. The van der Waals surface area contributed by atoms with Gasteiger partial charge in [0.25, 0.3) is 6.43 Å². The largest absolute Gasteiger partial charge is 0.336 e. The van der Waals surface area contributed by atoms with Gasteiger partial charge in [0.05, 0.1) is 17.6 Å². The fourth-order valence-corrected chi connectivity index (χ4v) is 1.31. The Morgan fingerprint density at radius 2 is 2.29 bits per heavy atom. The molecular formula is C8H12ClF2N3. The van der Waals surface area contributed by atoms with Crippen molar-refractivity contribution in [2.24, 2.45) is 12.8 Å². The van der Waals surface area contributed by atoms with E-state index in [9.17, 15) is 8.78 Å². The fraction of sp³-hybridized carbons (Fsp3) is 0.625. The molecule has 1 aromatic rings. The molecular weight excluding hydrogens is 212 g/mol. The van der Waals surface area contributed by atoms with Crippen molar-refractivity contribution in [1.82, 2.24) is 9.55 Å². The second-order valence-electron chi connectivity index (χ2n) is 3.58. The molecule has 0 saturated carbocycles. The van der Waals surface area contributed by atoms with Crippen LogP contribution in [0.3, 0.4) is 0 Å². The number of aromatic nitrogens is 2. The molecule has 1 unspecified atom stereocenters. The van der Waals surface area contributed by atoms with Crippen molar-refractivity contribution in [3.63, 3.8) is 0 Å². The van der Waals surface area contributed by atoms with E-state index >= 15 is 0 Å². The second-order valence-corrected chi connectivity index (χ2v) is 3.93. The first kappa shape index (κ1) is 11.4. The average Bonchev–Trinajstić information content (AvgIpc) is 2.35. The maximum atomic E-state index is 12.5. The van der Waals surface area contributed by atoms with Crippen LogP contribution in [0.2, 0.25) is 5.15 Å². The molecule has 6 heteroatoms. The highest BCUT2D eigenvalue weighted by Crippen LogP contribution is 2.22. The smallest absolute Gasteiger partial charge is 0.256 e. The van der Waals surface area contributed by atoms with Gasteiger partial charge in [-0.25, -0.2) is 13.8 Å². The summed E-state index contributed by atoms with van der Waals surface area (Å²) in [4.78, 5) is 3.79. The third-order valence-corrected chi connectivity index (χ3v) is 2.37. The zero-order valence-electron chi connectivity index (χ0n) is 7.97. The van der Waals surface area contributed by atoms with E-state index in [1.54, 1.807) is 11.6 Å². The summed E-state index contributed by atoms with van der Waals surface area (Å²) in [6.45, 7) is 1.29. The van der Waals surface area contributed by atoms with Crippen molar-refractivity contribution in [3.05, 3.63) is 17.2 Å². The van der Waals surface area contributed by atoms with Crippen molar-refractivity contribution in [2.45, 2.75) is 25.3 Å². The predicted molar refractivity (Wildman–Crippen MR) is 50.5 cm³/mol. The number of imidazole rings is 1. The van der Waals surface area contributed by atoms with Crippen LogP contribution < -0.4 is 5.73 Å². The Bertz CT molecular complexity index is 303. The van der Waals surface area contributed by atoms with Gasteiger partial charge >= 0.3 is 0 Å². The molecule has 0 spiro atoms. The molecule has 14 heavy (non-hydrogen) atoms. The highest BCUT2D eigenvalue weighted by atomic mass is 35.5. The van der Waals surface area contributed by atoms with Crippen LogP contribution in [0, 0.1) is 0 Å². The summed E-state index contributed by atoms with van der Waals surface area (Å²) in [6, 6.07) is 0. The molecule has 1 rings (SSSR count). The summed E-state index contributed by atoms with van der Waals surface area (Å²) in [6.07, 6.45) is -1.12. The highest BCUT2D eigenvalue weighted by molar-refractivity contribution is 6.30. The molecule has 0 aliphatic carbocycles. The van der Waals surface area contributed by atoms with E-state index in [-0.39, 0.29) is 11.6 Å². The number of aryl methyl sites for hydroxylation is 1. The van der Waals surface area contributed by atoms with E-state index in [4.69, 9.17) is 17.3 Å². The molecule has 0 bridgehead atoms. The Morgan fingerprint density at radius 3 is 2.64 bits per heavy atom. The minimum absolute atomic E-state index is 0. The van der Waals surface area contributed by atoms with Crippen molar-refractivity contribution >= 4 is 11.6 Å². The first-order valence-corrected chi connectivity index (χ1v) is 4.45. The van der Waals surface area contributed by atoms with Crippen LogP contribution in [0.15, 0.2) is 6.33 Å². The minimum atomic E-state index is -2.59. The van der Waals surface area contributed by atoms with Gasteiger partial charge in [0.15, 0.2) is 0 Å². The maximum Gasteiger partial charge on any atom is 0.256 e. The van der Waals surface area contributed by atoms with Gasteiger partial charge in [-0.1, -0.05) is 11.6 Å². The number of hydrogen-bond donors (Lipinski definition) is 1. The van der Waals surface area contributed by atoms with Gasteiger partial charge in [-0.3, -0.25) is 0 Å². The molecule has 3 nitrogen and oxygen atoms in total. The number of alkyl halides is 2. The van der Waals surface area contributed by atoms with Crippen LogP contribution >= 0.6 is 11.6 Å². The van der Waals surface area contributed by atoms with Gasteiger partial charge in [-0.2, -0.15) is 0 Å². The number of nitrogens with two attached hydrogens (primary N) is 1. The van der Waals surface area contributed by atoms with Gasteiger partial charge in [0.2, 0.25) is 0 Å². The Balaban J connectivity index is 2.88. The van der Waals surface area contributed by atoms with Crippen LogP contribution in [-0.4, -0.2) is 21.5 Å². The summed E-state index contributed by atoms with van der Waals surface area (Å²) in [7, 11) is 1.69. The molecule has 2 N–H and O–H groups in total. The predicted octanol–water partition coefficient (Wildman–Crippen LogP) is 1.60. The van der Waals surface area contributed by atoms with Gasteiger partial charge in [-0.05, 0) is 6.92 Å². The molecule has 0 saturated heterocycles. The monoisotopic (exact) mass is 223 g/mol. The second kappa shape index (κ2) is 3.82. The Labute approximate surface area is 85.9 Å². The molecule has 0 aromatic carbocycles. The van der Waals surface area contributed by atoms with Crippen LogP contribution in [-0.2, 0) is 13.5 Å². The lowest BCUT2D eigenvalue weighted by molar-refractivity contribution is 0.0631. The van der Waals surface area contributed by atoms with Gasteiger partial charge in [0, 0.05) is 13.5 Å². The molecule has 0 aliphatic heterocycles. The molecule has 1 atom stereocenters. The normalized spacial score (nSPS) is 15.9. The Morgan fingerprint density at radius 1 is 1.71 bits per heavy atom. The summed E-state index contributed by atoms with van der Waals surface area (Å²) in [5.74, 6) is 0. The van der Waals surface area contributed by atoms with Gasteiger partial charge in [-0.15, -0.1) is 0 Å². The summed E-state index contributed by atoms with van der Waals surface area (Å²) in [5.41, 5.74) is 4.39. The molecule has 0 radical (unpaired) electrons. The van der Waals surface area contributed by atoms with Crippen LogP contribution in [0.5, 0.6) is 0 Å². The topological polar surface area (TPSA) is 43.8 Å². The third-order valence-electron chi connectivity index (χ3n) is 2.06. The third kappa shape index (κ3) is 2.22. The van der Waals surface area contributed by atoms with Crippen molar-refractivity contribution in [1.29, 1.82) is 0 Å². The lowest BCUT2D eigenvalue weighted by atomic mass is 9.98. The first-order chi connectivity index (χ1) is 6.34. The molecule has 1 aromatic heterocycles. The molecule has 0 fully saturated rings. The van der Waals surface area contributed by atoms with Crippen LogP contribution in [0.1, 0.15) is 12.6 Å². The number of rotatable bonds is 3. The Kier molecular flexibility index (Phi) is 3.11. The molecule has 1 heterocycles. The van der Waals surface area contributed by atoms with Crippen molar-refractivity contribution in [3.8, 4) is 0 Å². The van der Waals surface area contributed by atoms with Crippen molar-refractivity contribution < 1.29 is 8.78 Å². The van der Waals surface area contributed by atoms with Crippen LogP contribution in [0.4, 0.5) is 8.78 Å². The summed E-state index contributed by atoms with van der Waals surface area (Å²) >= 11 is 5.72. The Hall–Kier alpha value is -0.680. The maximum absolute atomic E-state index is 12.5. The van der Waals surface area contributed by atoms with E-state index in [0.717, 1.165) is 0 Å².